The van der Waals surface area contributed by atoms with Crippen molar-refractivity contribution >= 4 is 17.0 Å². The average molecular weight is 247 g/mol. The number of pyridine rings is 1. The molecule has 1 saturated heterocycles. The van der Waals surface area contributed by atoms with E-state index >= 15 is 0 Å². The minimum Gasteiger partial charge on any atom is -0.378 e. The molecule has 0 spiro atoms. The first-order chi connectivity index (χ1) is 8.74. The number of aromatic amines is 1. The lowest BCUT2D eigenvalue weighted by atomic mass is 10.3. The summed E-state index contributed by atoms with van der Waals surface area (Å²) in [6, 6.07) is 4.13. The van der Waals surface area contributed by atoms with Crippen LogP contribution in [0.1, 0.15) is 11.9 Å². The molecule has 2 aromatic heterocycles. The van der Waals surface area contributed by atoms with Crippen molar-refractivity contribution in [2.45, 2.75) is 6.04 Å². The van der Waals surface area contributed by atoms with Crippen molar-refractivity contribution in [3.05, 3.63) is 18.0 Å². The number of imidazole rings is 1. The van der Waals surface area contributed by atoms with Crippen LogP contribution in [0.4, 0.5) is 5.82 Å². The Labute approximate surface area is 105 Å². The Morgan fingerprint density at radius 2 is 2.22 bits per heavy atom. The number of fused-ring (bicyclic) bond motifs is 1. The quantitative estimate of drug-likeness (QED) is 0.817. The van der Waals surface area contributed by atoms with Crippen LogP contribution in [0, 0.1) is 0 Å². The number of nitrogens with zero attached hydrogens (tertiary/aromatic N) is 3. The van der Waals surface area contributed by atoms with E-state index in [0.717, 1.165) is 36.0 Å². The van der Waals surface area contributed by atoms with Crippen molar-refractivity contribution in [3.8, 4) is 0 Å². The zero-order chi connectivity index (χ0) is 12.5. The predicted octanol–water partition coefficient (Wildman–Crippen LogP) is 0.685. The minimum absolute atomic E-state index is 0.135. The molecule has 3 heterocycles. The molecule has 1 aliphatic rings. The Morgan fingerprint density at radius 1 is 1.33 bits per heavy atom. The van der Waals surface area contributed by atoms with Gasteiger partial charge in [-0.05, 0) is 12.1 Å². The normalized spacial score (nSPS) is 20.2. The van der Waals surface area contributed by atoms with Gasteiger partial charge in [-0.1, -0.05) is 0 Å². The van der Waals surface area contributed by atoms with Crippen LogP contribution in [0.25, 0.3) is 11.2 Å². The molecule has 96 valence electrons. The van der Waals surface area contributed by atoms with E-state index in [2.05, 4.69) is 20.3 Å². The van der Waals surface area contributed by atoms with Gasteiger partial charge in [-0.3, -0.25) is 0 Å². The lowest BCUT2D eigenvalue weighted by Crippen LogP contribution is -2.35. The zero-order valence-corrected chi connectivity index (χ0v) is 10.6. The molecule has 0 bridgehead atoms. The number of nitrogens with one attached hydrogen (secondary N) is 2. The molecule has 1 unspecified atom stereocenters. The third-order valence-electron chi connectivity index (χ3n) is 3.06. The maximum Gasteiger partial charge on any atom is 0.179 e. The van der Waals surface area contributed by atoms with Gasteiger partial charge in [-0.25, -0.2) is 9.97 Å². The number of H-pyrrole nitrogens is 1. The van der Waals surface area contributed by atoms with Crippen molar-refractivity contribution in [3.63, 3.8) is 0 Å². The van der Waals surface area contributed by atoms with Gasteiger partial charge in [0.15, 0.2) is 5.65 Å². The molecule has 0 saturated carbocycles. The summed E-state index contributed by atoms with van der Waals surface area (Å²) in [7, 11) is 3.94. The van der Waals surface area contributed by atoms with Crippen molar-refractivity contribution < 1.29 is 4.74 Å². The van der Waals surface area contributed by atoms with E-state index in [0.29, 0.717) is 6.61 Å². The van der Waals surface area contributed by atoms with Crippen LogP contribution in [0.3, 0.4) is 0 Å². The van der Waals surface area contributed by atoms with Gasteiger partial charge < -0.3 is 19.9 Å². The maximum atomic E-state index is 5.44. The number of hydrogen-bond donors (Lipinski definition) is 2. The summed E-state index contributed by atoms with van der Waals surface area (Å²) in [5, 5.41) is 3.38. The molecule has 1 atom stereocenters. The van der Waals surface area contributed by atoms with Gasteiger partial charge in [-0.2, -0.15) is 0 Å². The number of anilines is 1. The SMILES string of the molecule is CN(C)c1ccc2[nH]c(C3COCCN3)nc2n1. The van der Waals surface area contributed by atoms with E-state index in [1.54, 1.807) is 0 Å². The molecule has 3 rings (SSSR count). The van der Waals surface area contributed by atoms with E-state index < -0.39 is 0 Å². The molecule has 0 amide bonds. The van der Waals surface area contributed by atoms with E-state index in [1.807, 2.05) is 31.1 Å². The highest BCUT2D eigenvalue weighted by Gasteiger charge is 2.19. The standard InChI is InChI=1S/C12H17N5O/c1-17(2)10-4-3-8-11(15-10)16-12(14-8)9-7-18-6-5-13-9/h3-4,9,13H,5-7H2,1-2H3,(H,14,15,16). The van der Waals surface area contributed by atoms with Gasteiger partial charge in [0.1, 0.15) is 11.6 Å². The number of morpholine rings is 1. The topological polar surface area (TPSA) is 66.1 Å². The second-order valence-electron chi connectivity index (χ2n) is 4.64. The summed E-state index contributed by atoms with van der Waals surface area (Å²) >= 11 is 0. The Hall–Kier alpha value is -1.66. The van der Waals surface area contributed by atoms with Crippen molar-refractivity contribution in [1.82, 2.24) is 20.3 Å². The van der Waals surface area contributed by atoms with Gasteiger partial charge in [0, 0.05) is 20.6 Å². The zero-order valence-electron chi connectivity index (χ0n) is 10.6. The smallest absolute Gasteiger partial charge is 0.179 e. The fraction of sp³-hybridized carbons (Fsp3) is 0.500. The molecule has 6 nitrogen and oxygen atoms in total. The molecule has 0 aliphatic carbocycles. The first-order valence-electron chi connectivity index (χ1n) is 6.09. The first-order valence-corrected chi connectivity index (χ1v) is 6.09. The highest BCUT2D eigenvalue weighted by molar-refractivity contribution is 5.73. The lowest BCUT2D eigenvalue weighted by Gasteiger charge is -2.21. The summed E-state index contributed by atoms with van der Waals surface area (Å²) < 4.78 is 5.44. The molecule has 2 N–H and O–H groups in total. The van der Waals surface area contributed by atoms with Crippen LogP contribution in [0.5, 0.6) is 0 Å². The van der Waals surface area contributed by atoms with Gasteiger partial charge in [0.2, 0.25) is 0 Å². The number of ether oxygens (including phenoxy) is 1. The van der Waals surface area contributed by atoms with E-state index in [-0.39, 0.29) is 6.04 Å². The fourth-order valence-corrected chi connectivity index (χ4v) is 2.06. The molecular weight excluding hydrogens is 230 g/mol. The van der Waals surface area contributed by atoms with Gasteiger partial charge in [-0.15, -0.1) is 0 Å². The predicted molar refractivity (Wildman–Crippen MR) is 69.8 cm³/mol. The lowest BCUT2D eigenvalue weighted by molar-refractivity contribution is 0.0746. The molecular formula is C12H17N5O. The van der Waals surface area contributed by atoms with Crippen LogP contribution in [-0.4, -0.2) is 48.8 Å². The Morgan fingerprint density at radius 3 is 2.94 bits per heavy atom. The number of hydrogen-bond acceptors (Lipinski definition) is 5. The van der Waals surface area contributed by atoms with Gasteiger partial charge in [0.25, 0.3) is 0 Å². The van der Waals surface area contributed by atoms with Crippen molar-refractivity contribution in [1.29, 1.82) is 0 Å². The second-order valence-corrected chi connectivity index (χ2v) is 4.64. The van der Waals surface area contributed by atoms with Crippen LogP contribution in [0.2, 0.25) is 0 Å². The van der Waals surface area contributed by atoms with Crippen molar-refractivity contribution in [2.24, 2.45) is 0 Å². The third-order valence-corrected chi connectivity index (χ3v) is 3.06. The van der Waals surface area contributed by atoms with Crippen LogP contribution >= 0.6 is 0 Å². The summed E-state index contributed by atoms with van der Waals surface area (Å²) in [5.41, 5.74) is 1.71. The monoisotopic (exact) mass is 247 g/mol. The van der Waals surface area contributed by atoms with Crippen LogP contribution < -0.4 is 10.2 Å². The fourth-order valence-electron chi connectivity index (χ4n) is 2.06. The van der Waals surface area contributed by atoms with Gasteiger partial charge in [0.05, 0.1) is 24.8 Å². The van der Waals surface area contributed by atoms with E-state index in [4.69, 9.17) is 4.74 Å². The minimum atomic E-state index is 0.135. The summed E-state index contributed by atoms with van der Waals surface area (Å²) in [6.45, 7) is 2.28. The highest BCUT2D eigenvalue weighted by atomic mass is 16.5. The molecule has 18 heavy (non-hydrogen) atoms. The van der Waals surface area contributed by atoms with Crippen LogP contribution in [0.15, 0.2) is 12.1 Å². The Bertz CT molecular complexity index is 544. The van der Waals surface area contributed by atoms with E-state index in [1.165, 1.54) is 0 Å². The molecule has 6 heteroatoms. The number of aromatic nitrogens is 3. The second kappa shape index (κ2) is 4.55. The first kappa shape index (κ1) is 11.4. The highest BCUT2D eigenvalue weighted by Crippen LogP contribution is 2.19. The number of rotatable bonds is 2. The molecule has 0 radical (unpaired) electrons. The maximum absolute atomic E-state index is 5.44. The van der Waals surface area contributed by atoms with E-state index in [9.17, 15) is 0 Å². The molecule has 1 aliphatic heterocycles. The van der Waals surface area contributed by atoms with Gasteiger partial charge >= 0.3 is 0 Å². The average Bonchev–Trinajstić information content (AvgIpc) is 2.82. The molecule has 1 fully saturated rings. The van der Waals surface area contributed by atoms with Crippen molar-refractivity contribution in [2.75, 3.05) is 38.8 Å². The summed E-state index contributed by atoms with van der Waals surface area (Å²) in [4.78, 5) is 14.3. The summed E-state index contributed by atoms with van der Waals surface area (Å²) in [5.74, 6) is 1.81. The largest absolute Gasteiger partial charge is 0.378 e. The third kappa shape index (κ3) is 2.04. The molecule has 2 aromatic rings. The van der Waals surface area contributed by atoms with Crippen LogP contribution in [-0.2, 0) is 4.74 Å². The Kier molecular flexibility index (Phi) is 2.89. The summed E-state index contributed by atoms with van der Waals surface area (Å²) in [6.07, 6.45) is 0. The Balaban J connectivity index is 1.94. The molecule has 0 aromatic carbocycles.